The highest BCUT2D eigenvalue weighted by molar-refractivity contribution is 7.25. The molecule has 10 aromatic carbocycles. The minimum atomic E-state index is -0.127. The maximum absolute atomic E-state index is 7.07. The Morgan fingerprint density at radius 3 is 1.91 bits per heavy atom. The predicted octanol–water partition coefficient (Wildman–Crippen LogP) is 18.2. The highest BCUT2D eigenvalue weighted by Crippen LogP contribution is 2.53. The van der Waals surface area contributed by atoms with Crippen molar-refractivity contribution >= 4 is 92.3 Å². The van der Waals surface area contributed by atoms with Gasteiger partial charge in [-0.1, -0.05) is 153 Å². The molecule has 0 unspecified atom stereocenters. The van der Waals surface area contributed by atoms with Gasteiger partial charge in [0.15, 0.2) is 0 Å². The van der Waals surface area contributed by atoms with Crippen LogP contribution in [0.3, 0.4) is 0 Å². The maximum atomic E-state index is 7.07. The molecule has 0 saturated heterocycles. The van der Waals surface area contributed by atoms with Gasteiger partial charge in [0.25, 0.3) is 0 Å². The molecule has 3 aromatic heterocycles. The lowest BCUT2D eigenvalue weighted by Gasteiger charge is -2.29. The number of hydrogen-bond donors (Lipinski definition) is 0. The van der Waals surface area contributed by atoms with Crippen LogP contribution < -0.4 is 4.90 Å². The molecule has 3 heterocycles. The van der Waals surface area contributed by atoms with Crippen LogP contribution in [0.25, 0.3) is 103 Å². The van der Waals surface area contributed by atoms with Crippen LogP contribution in [0.1, 0.15) is 25.0 Å². The number of furan rings is 1. The summed E-state index contributed by atoms with van der Waals surface area (Å²) in [5, 5.41) is 7.17. The normalized spacial score (nSPS) is 13.0. The molecule has 316 valence electrons. The van der Waals surface area contributed by atoms with Gasteiger partial charge in [-0.15, -0.1) is 11.3 Å². The average Bonchev–Trinajstić information content (AvgIpc) is 4.11. The van der Waals surface area contributed by atoms with Gasteiger partial charge in [0.05, 0.1) is 27.8 Å². The Morgan fingerprint density at radius 1 is 0.433 bits per heavy atom. The minimum Gasteiger partial charge on any atom is -0.455 e. The molecular weight excluding hydrogens is 833 g/mol. The van der Waals surface area contributed by atoms with E-state index >= 15 is 0 Å². The molecule has 3 nitrogen and oxygen atoms in total. The third-order valence-corrected chi connectivity index (χ3v) is 15.6. The summed E-state index contributed by atoms with van der Waals surface area (Å²) in [5.74, 6) is 0. The van der Waals surface area contributed by atoms with Crippen molar-refractivity contribution < 1.29 is 4.42 Å². The molecule has 0 spiro atoms. The van der Waals surface area contributed by atoms with E-state index in [1.165, 1.54) is 69.8 Å². The van der Waals surface area contributed by atoms with E-state index < -0.39 is 0 Å². The van der Waals surface area contributed by atoms with Crippen molar-refractivity contribution in [2.24, 2.45) is 0 Å². The van der Waals surface area contributed by atoms with Crippen LogP contribution in [0.4, 0.5) is 17.1 Å². The third-order valence-electron chi connectivity index (χ3n) is 14.4. The van der Waals surface area contributed by atoms with Crippen molar-refractivity contribution in [1.29, 1.82) is 0 Å². The van der Waals surface area contributed by atoms with E-state index in [1.54, 1.807) is 0 Å². The lowest BCUT2D eigenvalue weighted by molar-refractivity contribution is 0.660. The smallest absolute Gasteiger partial charge is 0.145 e. The van der Waals surface area contributed by atoms with Crippen LogP contribution in [0, 0.1) is 0 Å². The van der Waals surface area contributed by atoms with Crippen LogP contribution in [0.15, 0.2) is 223 Å². The Balaban J connectivity index is 1.01. The molecule has 1 aliphatic carbocycles. The van der Waals surface area contributed by atoms with Gasteiger partial charge in [-0.05, 0) is 112 Å². The lowest BCUT2D eigenvalue weighted by atomic mass is 9.81. The summed E-state index contributed by atoms with van der Waals surface area (Å²) in [6, 6.07) is 80.1. The first-order valence-corrected chi connectivity index (χ1v) is 23.9. The SMILES string of the molecule is CC1(C)c2ccccc2-c2ccc(-c3ccccc3N(c3ccc4sc5ccccc5c4c3)c3ccc(-c4cccc(-n5c6ccccc6c6ccccc65)c4)c4oc5ccccc5c34)cc21. The topological polar surface area (TPSA) is 21.3 Å². The summed E-state index contributed by atoms with van der Waals surface area (Å²) in [5.41, 5.74) is 18.2. The molecule has 14 rings (SSSR count). The van der Waals surface area contributed by atoms with E-state index in [1.807, 2.05) is 11.3 Å². The number of nitrogens with zero attached hydrogens (tertiary/aromatic N) is 2. The zero-order valence-corrected chi connectivity index (χ0v) is 37.8. The number of hydrogen-bond acceptors (Lipinski definition) is 3. The fraction of sp³-hybridized carbons (Fsp3) is 0.0476. The van der Waals surface area contributed by atoms with Crippen LogP contribution in [-0.4, -0.2) is 4.57 Å². The molecule has 0 bridgehead atoms. The van der Waals surface area contributed by atoms with E-state index in [0.717, 1.165) is 61.4 Å². The Bertz CT molecular complexity index is 4110. The van der Waals surface area contributed by atoms with E-state index in [-0.39, 0.29) is 5.41 Å². The maximum Gasteiger partial charge on any atom is 0.145 e. The van der Waals surface area contributed by atoms with Crippen molar-refractivity contribution in [3.05, 3.63) is 230 Å². The summed E-state index contributed by atoms with van der Waals surface area (Å²) in [7, 11) is 0. The van der Waals surface area contributed by atoms with Crippen LogP contribution in [0.5, 0.6) is 0 Å². The first-order chi connectivity index (χ1) is 33.0. The molecule has 1 aliphatic rings. The largest absolute Gasteiger partial charge is 0.455 e. The molecule has 0 radical (unpaired) electrons. The Morgan fingerprint density at radius 2 is 1.07 bits per heavy atom. The number of aromatic nitrogens is 1. The Kier molecular flexibility index (Phi) is 8.20. The predicted molar refractivity (Wildman–Crippen MR) is 284 cm³/mol. The molecule has 0 aliphatic heterocycles. The van der Waals surface area contributed by atoms with Crippen molar-refractivity contribution in [2.45, 2.75) is 19.3 Å². The second-order valence-corrected chi connectivity index (χ2v) is 19.5. The van der Waals surface area contributed by atoms with Crippen molar-refractivity contribution in [3.8, 4) is 39.1 Å². The van der Waals surface area contributed by atoms with Gasteiger partial charge < -0.3 is 13.9 Å². The average molecular weight is 875 g/mol. The highest BCUT2D eigenvalue weighted by Gasteiger charge is 2.35. The quantitative estimate of drug-likeness (QED) is 0.166. The number of fused-ring (bicyclic) bond motifs is 12. The molecule has 0 fully saturated rings. The number of thiophene rings is 1. The summed E-state index contributed by atoms with van der Waals surface area (Å²) >= 11 is 1.85. The van der Waals surface area contributed by atoms with Gasteiger partial charge in [0, 0.05) is 64.2 Å². The molecule has 0 N–H and O–H groups in total. The third kappa shape index (κ3) is 5.63. The standard InChI is InChI=1S/C63H42N2OS/c1-63(2)52-24-9-3-19-45(52)46-32-30-40(37-53(46)63)43-18-4-10-25-54(43)65(42-31-35-60-51(38-42)49-22-8-14-29-59(49)67-60)57-34-33-44(62-61(57)50-23-7-13-28-58(50)66-62)39-16-15-17-41(36-39)64-55-26-11-5-20-47(55)48-21-6-12-27-56(48)64/h3-38H,1-2H3. The second-order valence-electron chi connectivity index (χ2n) is 18.4. The van der Waals surface area contributed by atoms with E-state index in [0.29, 0.717) is 0 Å². The van der Waals surface area contributed by atoms with Gasteiger partial charge in [-0.25, -0.2) is 0 Å². The number of rotatable bonds is 6. The van der Waals surface area contributed by atoms with Crippen molar-refractivity contribution in [1.82, 2.24) is 4.57 Å². The molecular formula is C63H42N2OS. The second kappa shape index (κ2) is 14.4. The van der Waals surface area contributed by atoms with Gasteiger partial charge in [-0.2, -0.15) is 0 Å². The van der Waals surface area contributed by atoms with Crippen molar-refractivity contribution in [2.75, 3.05) is 4.90 Å². The van der Waals surface area contributed by atoms with E-state index in [4.69, 9.17) is 4.42 Å². The summed E-state index contributed by atoms with van der Waals surface area (Å²) in [6.45, 7) is 4.72. The molecule has 0 atom stereocenters. The van der Waals surface area contributed by atoms with Crippen molar-refractivity contribution in [3.63, 3.8) is 0 Å². The monoisotopic (exact) mass is 874 g/mol. The zero-order valence-electron chi connectivity index (χ0n) is 37.0. The van der Waals surface area contributed by atoms with Gasteiger partial charge in [-0.3, -0.25) is 0 Å². The first-order valence-electron chi connectivity index (χ1n) is 23.1. The molecule has 0 saturated carbocycles. The van der Waals surface area contributed by atoms with Gasteiger partial charge in [0.2, 0.25) is 0 Å². The fourth-order valence-electron chi connectivity index (χ4n) is 11.3. The van der Waals surface area contributed by atoms with E-state index in [2.05, 4.69) is 242 Å². The Hall–Kier alpha value is -8.18. The van der Waals surface area contributed by atoms with Gasteiger partial charge in [0.1, 0.15) is 11.2 Å². The number of benzene rings is 10. The van der Waals surface area contributed by atoms with Crippen LogP contribution in [0.2, 0.25) is 0 Å². The van der Waals surface area contributed by atoms with Crippen LogP contribution in [-0.2, 0) is 5.41 Å². The zero-order chi connectivity index (χ0) is 44.4. The molecule has 0 amide bonds. The highest BCUT2D eigenvalue weighted by atomic mass is 32.1. The molecule has 67 heavy (non-hydrogen) atoms. The summed E-state index contributed by atoms with van der Waals surface area (Å²) < 4.78 is 12.0. The minimum absolute atomic E-state index is 0.127. The summed E-state index contributed by atoms with van der Waals surface area (Å²) in [4.78, 5) is 2.48. The first kappa shape index (κ1) is 38.1. The number of anilines is 3. The number of para-hydroxylation sites is 4. The molecule has 13 aromatic rings. The molecule has 4 heteroatoms. The summed E-state index contributed by atoms with van der Waals surface area (Å²) in [6.07, 6.45) is 0. The van der Waals surface area contributed by atoms with E-state index in [9.17, 15) is 0 Å². The van der Waals surface area contributed by atoms with Crippen LogP contribution >= 0.6 is 11.3 Å². The van der Waals surface area contributed by atoms with Gasteiger partial charge >= 0.3 is 0 Å². The fourth-order valence-corrected chi connectivity index (χ4v) is 12.4. The Labute approximate surface area is 392 Å². The lowest BCUT2D eigenvalue weighted by Crippen LogP contribution is -2.15.